The lowest BCUT2D eigenvalue weighted by Gasteiger charge is -2.35. The molecule has 1 rings (SSSR count). The number of amides is 3. The maximum atomic E-state index is 13.8. The van der Waals surface area contributed by atoms with Crippen LogP contribution in [0.15, 0.2) is 36.9 Å². The van der Waals surface area contributed by atoms with Crippen LogP contribution in [-0.4, -0.2) is 52.1 Å². The molecule has 3 unspecified atom stereocenters. The highest BCUT2D eigenvalue weighted by Gasteiger charge is 2.38. The molecule has 3 atom stereocenters. The summed E-state index contributed by atoms with van der Waals surface area (Å²) in [6.45, 7) is 16.4. The fourth-order valence-corrected chi connectivity index (χ4v) is 3.29. The number of carbonyl (C=O) groups is 3. The van der Waals surface area contributed by atoms with E-state index >= 15 is 0 Å². The number of para-hydroxylation sites is 1. The van der Waals surface area contributed by atoms with Crippen LogP contribution < -0.4 is 10.6 Å². The van der Waals surface area contributed by atoms with Crippen molar-refractivity contribution in [2.45, 2.75) is 78.6 Å². The highest BCUT2D eigenvalue weighted by atomic mass is 16.6. The lowest BCUT2D eigenvalue weighted by Crippen LogP contribution is -2.55. The van der Waals surface area contributed by atoms with Gasteiger partial charge in [0.1, 0.15) is 23.4 Å². The molecule has 0 spiro atoms. The molecule has 8 nitrogen and oxygen atoms in total. The van der Waals surface area contributed by atoms with E-state index in [1.807, 2.05) is 27.7 Å². The first kappa shape index (κ1) is 28.0. The van der Waals surface area contributed by atoms with Gasteiger partial charge in [-0.2, -0.15) is 0 Å². The molecule has 1 aromatic carbocycles. The van der Waals surface area contributed by atoms with E-state index in [1.165, 1.54) is 17.0 Å². The average molecular weight is 462 g/mol. The molecule has 0 aliphatic heterocycles. The summed E-state index contributed by atoms with van der Waals surface area (Å²) in [7, 11) is 0. The first-order valence-corrected chi connectivity index (χ1v) is 11.3. The number of hydrogen-bond donors (Lipinski definition) is 3. The first-order chi connectivity index (χ1) is 15.3. The zero-order valence-corrected chi connectivity index (χ0v) is 20.8. The first-order valence-electron chi connectivity index (χ1n) is 11.3. The number of rotatable bonds is 10. The van der Waals surface area contributed by atoms with Crippen LogP contribution >= 0.6 is 0 Å². The van der Waals surface area contributed by atoms with Gasteiger partial charge in [0.2, 0.25) is 11.8 Å². The summed E-state index contributed by atoms with van der Waals surface area (Å²) < 4.78 is 5.36. The Balaban J connectivity index is 3.47. The number of phenols is 1. The third-order valence-corrected chi connectivity index (χ3v) is 4.98. The van der Waals surface area contributed by atoms with E-state index in [0.717, 1.165) is 0 Å². The van der Waals surface area contributed by atoms with Crippen molar-refractivity contribution >= 4 is 17.9 Å². The predicted molar refractivity (Wildman–Crippen MR) is 129 cm³/mol. The maximum absolute atomic E-state index is 13.8. The van der Waals surface area contributed by atoms with Crippen LogP contribution in [-0.2, 0) is 14.3 Å². The molecule has 0 bridgehead atoms. The summed E-state index contributed by atoms with van der Waals surface area (Å²) >= 11 is 0. The zero-order chi connectivity index (χ0) is 25.3. The molecule has 8 heteroatoms. The molecule has 3 amide bonds. The van der Waals surface area contributed by atoms with Crippen molar-refractivity contribution < 1.29 is 24.2 Å². The number of nitrogens with zero attached hydrogens (tertiary/aromatic N) is 1. The Morgan fingerprint density at radius 2 is 1.76 bits per heavy atom. The maximum Gasteiger partial charge on any atom is 0.408 e. The number of ether oxygens (including phenoxy) is 1. The van der Waals surface area contributed by atoms with E-state index in [9.17, 15) is 19.5 Å². The Hall–Kier alpha value is -3.03. The van der Waals surface area contributed by atoms with Crippen molar-refractivity contribution in [1.82, 2.24) is 15.5 Å². The molecule has 0 aliphatic rings. The lowest BCUT2D eigenvalue weighted by molar-refractivity contribution is -0.143. The number of alkyl carbamates (subject to hydrolysis) is 1. The molecular formula is C25H39N3O5. The van der Waals surface area contributed by atoms with E-state index in [2.05, 4.69) is 17.2 Å². The fourth-order valence-electron chi connectivity index (χ4n) is 3.29. The number of phenolic OH excluding ortho intramolecular Hbond substituents is 1. The van der Waals surface area contributed by atoms with Gasteiger partial charge in [0.25, 0.3) is 0 Å². The van der Waals surface area contributed by atoms with Crippen molar-refractivity contribution in [3.63, 3.8) is 0 Å². The van der Waals surface area contributed by atoms with Gasteiger partial charge in [-0.1, -0.05) is 44.5 Å². The van der Waals surface area contributed by atoms with Gasteiger partial charge < -0.3 is 25.4 Å². The molecule has 0 radical (unpaired) electrons. The van der Waals surface area contributed by atoms with Gasteiger partial charge >= 0.3 is 6.09 Å². The molecule has 0 heterocycles. The predicted octanol–water partition coefficient (Wildman–Crippen LogP) is 3.91. The molecule has 0 saturated heterocycles. The third kappa shape index (κ3) is 8.44. The molecule has 1 aromatic rings. The minimum Gasteiger partial charge on any atom is -0.508 e. The second-order valence-corrected chi connectivity index (χ2v) is 9.41. The molecule has 0 aromatic heterocycles. The van der Waals surface area contributed by atoms with Crippen LogP contribution in [0, 0.1) is 5.92 Å². The minimum absolute atomic E-state index is 0.0340. The second-order valence-electron chi connectivity index (χ2n) is 9.41. The molecule has 0 fully saturated rings. The normalized spacial score (nSPS) is 14.1. The van der Waals surface area contributed by atoms with Gasteiger partial charge in [0, 0.05) is 18.2 Å². The van der Waals surface area contributed by atoms with E-state index < -0.39 is 35.6 Å². The second kappa shape index (κ2) is 12.3. The molecular weight excluding hydrogens is 422 g/mol. The summed E-state index contributed by atoms with van der Waals surface area (Å²) in [4.78, 5) is 40.9. The Morgan fingerprint density at radius 3 is 2.24 bits per heavy atom. The van der Waals surface area contributed by atoms with Crippen LogP contribution in [0.2, 0.25) is 0 Å². The van der Waals surface area contributed by atoms with Crippen LogP contribution in [0.1, 0.15) is 66.5 Å². The van der Waals surface area contributed by atoms with Crippen molar-refractivity contribution in [2.24, 2.45) is 5.92 Å². The molecule has 0 saturated carbocycles. The summed E-state index contributed by atoms with van der Waals surface area (Å²) in [6.07, 6.45) is 1.40. The van der Waals surface area contributed by atoms with E-state index in [0.29, 0.717) is 6.42 Å². The summed E-state index contributed by atoms with van der Waals surface area (Å²) in [5, 5.41) is 16.0. The molecule has 33 heavy (non-hydrogen) atoms. The average Bonchev–Trinajstić information content (AvgIpc) is 2.70. The minimum atomic E-state index is -1.12. The fraction of sp³-hybridized carbons (Fsp3) is 0.560. The highest BCUT2D eigenvalue weighted by Crippen LogP contribution is 2.30. The van der Waals surface area contributed by atoms with E-state index in [1.54, 1.807) is 39.0 Å². The number of carbonyl (C=O) groups excluding carboxylic acids is 3. The van der Waals surface area contributed by atoms with Crippen molar-refractivity contribution in [3.8, 4) is 5.75 Å². The molecule has 0 aliphatic carbocycles. The van der Waals surface area contributed by atoms with E-state index in [-0.39, 0.29) is 29.8 Å². The number of aromatic hydroxyl groups is 1. The number of hydrogen-bond acceptors (Lipinski definition) is 5. The van der Waals surface area contributed by atoms with Gasteiger partial charge in [0.15, 0.2) is 0 Å². The van der Waals surface area contributed by atoms with Crippen molar-refractivity contribution in [3.05, 3.63) is 42.5 Å². The van der Waals surface area contributed by atoms with Gasteiger partial charge in [-0.3, -0.25) is 9.59 Å². The number of nitrogens with one attached hydrogen (secondary N) is 2. The molecule has 184 valence electrons. The Morgan fingerprint density at radius 1 is 1.15 bits per heavy atom. The highest BCUT2D eigenvalue weighted by molar-refractivity contribution is 5.92. The van der Waals surface area contributed by atoms with Crippen LogP contribution in [0.5, 0.6) is 5.75 Å². The summed E-state index contributed by atoms with van der Waals surface area (Å²) in [6, 6.07) is 4.15. The standard InChI is InChI=1S/C25H39N3O5/c1-9-15-28(21(22(30)26-16(3)4)18-13-11-12-14-19(18)29)23(31)20(17(5)10-2)27-24(32)33-25(6,7)8/h9,11-14,16-17,20-21,29H,1,10,15H2,2-8H3,(H,26,30)(H,27,32). The summed E-state index contributed by atoms with van der Waals surface area (Å²) in [5.74, 6) is -1.26. The van der Waals surface area contributed by atoms with Crippen LogP contribution in [0.3, 0.4) is 0 Å². The summed E-state index contributed by atoms with van der Waals surface area (Å²) in [5.41, 5.74) is -0.449. The smallest absolute Gasteiger partial charge is 0.408 e. The Labute approximate surface area is 197 Å². The van der Waals surface area contributed by atoms with Crippen molar-refractivity contribution in [2.75, 3.05) is 6.54 Å². The van der Waals surface area contributed by atoms with Gasteiger partial charge in [-0.15, -0.1) is 6.58 Å². The van der Waals surface area contributed by atoms with Gasteiger partial charge in [-0.05, 0) is 46.6 Å². The topological polar surface area (TPSA) is 108 Å². The number of benzene rings is 1. The van der Waals surface area contributed by atoms with Crippen LogP contribution in [0.25, 0.3) is 0 Å². The third-order valence-electron chi connectivity index (χ3n) is 4.98. The van der Waals surface area contributed by atoms with Gasteiger partial charge in [-0.25, -0.2) is 4.79 Å². The Kier molecular flexibility index (Phi) is 10.4. The SMILES string of the molecule is C=CCN(C(=O)C(NC(=O)OC(C)(C)C)C(C)CC)C(C(=O)NC(C)C)c1ccccc1O. The van der Waals surface area contributed by atoms with E-state index in [4.69, 9.17) is 4.74 Å². The zero-order valence-electron chi connectivity index (χ0n) is 20.8. The Bertz CT molecular complexity index is 832. The molecule has 3 N–H and O–H groups in total. The largest absolute Gasteiger partial charge is 0.508 e. The quantitative estimate of drug-likeness (QED) is 0.458. The lowest BCUT2D eigenvalue weighted by atomic mass is 9.95. The van der Waals surface area contributed by atoms with Crippen LogP contribution in [0.4, 0.5) is 4.79 Å². The monoisotopic (exact) mass is 461 g/mol. The van der Waals surface area contributed by atoms with Gasteiger partial charge in [0.05, 0.1) is 0 Å². The van der Waals surface area contributed by atoms with Crippen molar-refractivity contribution in [1.29, 1.82) is 0 Å².